The number of aliphatic hydroxyl groups is 4. The summed E-state index contributed by atoms with van der Waals surface area (Å²) < 4.78 is 21.9. The molecular formula is C47H78O10. The van der Waals surface area contributed by atoms with Gasteiger partial charge in [-0.2, -0.15) is 0 Å². The normalized spacial score (nSPS) is 21.0. The molecule has 1 fully saturated rings. The third-order valence-electron chi connectivity index (χ3n) is 9.67. The van der Waals surface area contributed by atoms with Crippen molar-refractivity contribution in [2.75, 3.05) is 19.8 Å². The van der Waals surface area contributed by atoms with Crippen molar-refractivity contribution in [3.8, 4) is 0 Å². The van der Waals surface area contributed by atoms with Crippen LogP contribution in [-0.2, 0) is 28.5 Å². The van der Waals surface area contributed by atoms with Crippen molar-refractivity contribution in [3.05, 3.63) is 72.9 Å². The number of rotatable bonds is 35. The van der Waals surface area contributed by atoms with Gasteiger partial charge in [-0.3, -0.25) is 4.79 Å². The molecule has 0 bridgehead atoms. The quantitative estimate of drug-likeness (QED) is 0.0161. The first-order chi connectivity index (χ1) is 27.8. The second-order valence-corrected chi connectivity index (χ2v) is 14.9. The predicted molar refractivity (Wildman–Crippen MR) is 228 cm³/mol. The number of esters is 2. The number of hydrogen-bond acceptors (Lipinski definition) is 10. The van der Waals surface area contributed by atoms with Gasteiger partial charge in [0.25, 0.3) is 0 Å². The van der Waals surface area contributed by atoms with Crippen LogP contribution in [0.2, 0.25) is 0 Å². The van der Waals surface area contributed by atoms with Gasteiger partial charge in [0.15, 0.2) is 12.4 Å². The molecular weight excluding hydrogens is 725 g/mol. The lowest BCUT2D eigenvalue weighted by Gasteiger charge is -2.39. The molecule has 1 saturated heterocycles. The lowest BCUT2D eigenvalue weighted by molar-refractivity contribution is -0.305. The SMILES string of the molecule is CCCCC/C=C/C/C=C/C/C=C/C/C=C/CCCC(=O)O[C@H](COC(=O)/C=C/C=C/CCCCCCCCCCCCC)CO[C@@H]1O[C@H](CO)[C@H](O)C(O)C1O. The van der Waals surface area contributed by atoms with Gasteiger partial charge in [0, 0.05) is 12.5 Å². The Hall–Kier alpha value is -2.86. The van der Waals surface area contributed by atoms with E-state index in [1.54, 1.807) is 6.08 Å². The highest BCUT2D eigenvalue weighted by molar-refractivity contribution is 5.82. The Bertz CT molecular complexity index is 1160. The van der Waals surface area contributed by atoms with Gasteiger partial charge >= 0.3 is 11.9 Å². The average Bonchev–Trinajstić information content (AvgIpc) is 3.21. The molecule has 326 valence electrons. The Labute approximate surface area is 344 Å². The molecule has 1 aliphatic heterocycles. The number of aliphatic hydroxyl groups excluding tert-OH is 4. The molecule has 1 aliphatic rings. The number of unbranched alkanes of at least 4 members (excludes halogenated alkanes) is 15. The maximum absolute atomic E-state index is 12.7. The molecule has 0 aromatic carbocycles. The number of ether oxygens (including phenoxy) is 4. The molecule has 57 heavy (non-hydrogen) atoms. The fourth-order valence-corrected chi connectivity index (χ4v) is 6.15. The average molecular weight is 803 g/mol. The van der Waals surface area contributed by atoms with E-state index in [0.717, 1.165) is 38.5 Å². The summed E-state index contributed by atoms with van der Waals surface area (Å²) in [5.41, 5.74) is 0. The third kappa shape index (κ3) is 29.1. The van der Waals surface area contributed by atoms with E-state index in [2.05, 4.69) is 56.4 Å². The van der Waals surface area contributed by atoms with Crippen molar-refractivity contribution < 1.29 is 49.0 Å². The molecule has 0 spiro atoms. The molecule has 0 amide bonds. The summed E-state index contributed by atoms with van der Waals surface area (Å²) in [5.74, 6) is -1.13. The minimum absolute atomic E-state index is 0.131. The fourth-order valence-electron chi connectivity index (χ4n) is 6.15. The summed E-state index contributed by atoms with van der Waals surface area (Å²) >= 11 is 0. The molecule has 1 heterocycles. The Kier molecular flexibility index (Phi) is 34.2. The molecule has 2 unspecified atom stereocenters. The Morgan fingerprint density at radius 3 is 1.70 bits per heavy atom. The first-order valence-corrected chi connectivity index (χ1v) is 22.0. The van der Waals surface area contributed by atoms with Gasteiger partial charge in [-0.1, -0.05) is 158 Å². The van der Waals surface area contributed by atoms with Crippen LogP contribution in [0.15, 0.2) is 72.9 Å². The van der Waals surface area contributed by atoms with Crippen LogP contribution < -0.4 is 0 Å². The van der Waals surface area contributed by atoms with Gasteiger partial charge in [-0.05, 0) is 57.8 Å². The Morgan fingerprint density at radius 2 is 1.11 bits per heavy atom. The van der Waals surface area contributed by atoms with E-state index in [0.29, 0.717) is 12.8 Å². The molecule has 0 aromatic rings. The molecule has 6 atom stereocenters. The van der Waals surface area contributed by atoms with E-state index in [1.807, 2.05) is 18.2 Å². The van der Waals surface area contributed by atoms with Crippen LogP contribution in [0.5, 0.6) is 0 Å². The van der Waals surface area contributed by atoms with Crippen LogP contribution in [0.1, 0.15) is 155 Å². The maximum Gasteiger partial charge on any atom is 0.330 e. The van der Waals surface area contributed by atoms with Gasteiger partial charge in [0.1, 0.15) is 31.0 Å². The van der Waals surface area contributed by atoms with Crippen LogP contribution in [0.3, 0.4) is 0 Å². The molecule has 0 saturated carbocycles. The zero-order chi connectivity index (χ0) is 41.6. The van der Waals surface area contributed by atoms with E-state index >= 15 is 0 Å². The molecule has 4 N–H and O–H groups in total. The number of carbonyl (C=O) groups is 2. The van der Waals surface area contributed by atoms with E-state index in [9.17, 15) is 30.0 Å². The summed E-state index contributed by atoms with van der Waals surface area (Å²) in [6.07, 6.45) is 39.7. The molecule has 0 aliphatic carbocycles. The van der Waals surface area contributed by atoms with E-state index in [1.165, 1.54) is 89.5 Å². The lowest BCUT2D eigenvalue weighted by Crippen LogP contribution is -2.59. The van der Waals surface area contributed by atoms with Crippen molar-refractivity contribution in [1.29, 1.82) is 0 Å². The summed E-state index contributed by atoms with van der Waals surface area (Å²) in [4.78, 5) is 25.2. The summed E-state index contributed by atoms with van der Waals surface area (Å²) in [7, 11) is 0. The van der Waals surface area contributed by atoms with E-state index in [-0.39, 0.29) is 19.6 Å². The maximum atomic E-state index is 12.7. The van der Waals surface area contributed by atoms with Gasteiger partial charge in [0.05, 0.1) is 13.2 Å². The van der Waals surface area contributed by atoms with E-state index in [4.69, 9.17) is 18.9 Å². The highest BCUT2D eigenvalue weighted by Gasteiger charge is 2.44. The van der Waals surface area contributed by atoms with Crippen LogP contribution >= 0.6 is 0 Å². The minimum atomic E-state index is -1.62. The number of carbonyl (C=O) groups excluding carboxylic acids is 2. The molecule has 10 heteroatoms. The monoisotopic (exact) mass is 803 g/mol. The molecule has 0 aromatic heterocycles. The van der Waals surface area contributed by atoms with Crippen LogP contribution in [0.25, 0.3) is 0 Å². The zero-order valence-corrected chi connectivity index (χ0v) is 35.3. The Morgan fingerprint density at radius 1 is 0.596 bits per heavy atom. The first-order valence-electron chi connectivity index (χ1n) is 22.0. The predicted octanol–water partition coefficient (Wildman–Crippen LogP) is 9.22. The van der Waals surface area contributed by atoms with Gasteiger partial charge in [0.2, 0.25) is 0 Å². The largest absolute Gasteiger partial charge is 0.458 e. The fraction of sp³-hybridized carbons (Fsp3) is 0.702. The Balaban J connectivity index is 2.45. The summed E-state index contributed by atoms with van der Waals surface area (Å²) in [5, 5.41) is 40.0. The van der Waals surface area contributed by atoms with Crippen LogP contribution in [-0.4, -0.2) is 89.0 Å². The standard InChI is InChI=1S/C47H78O10/c1-3-5-7-9-11-13-15-17-19-20-22-24-26-28-30-32-34-36-43(50)56-40(39-55-47-46(53)45(52)44(51)41(37-48)57-47)38-54-42(49)35-33-31-29-27-25-23-21-18-16-14-12-10-8-6-4-2/h11,13,17,19,22,24,28-31,33,35,40-41,44-48,51-53H,3-10,12,14-16,18,20-21,23,25-27,32,34,36-39H2,1-2H3/b13-11+,19-17+,24-22+,30-28+,31-29+,35-33+/t40-,41-,44+,45?,46?,47-/m1/s1. The molecule has 10 nitrogen and oxygen atoms in total. The van der Waals surface area contributed by atoms with Crippen molar-refractivity contribution in [1.82, 2.24) is 0 Å². The molecule has 1 rings (SSSR count). The van der Waals surface area contributed by atoms with Gasteiger partial charge in [-0.15, -0.1) is 0 Å². The van der Waals surface area contributed by atoms with E-state index < -0.39 is 55.4 Å². The zero-order valence-electron chi connectivity index (χ0n) is 35.3. The van der Waals surface area contributed by atoms with Crippen LogP contribution in [0, 0.1) is 0 Å². The number of allylic oxidation sites excluding steroid dienone is 11. The van der Waals surface area contributed by atoms with Crippen molar-refractivity contribution in [2.45, 2.75) is 192 Å². The van der Waals surface area contributed by atoms with Crippen molar-refractivity contribution in [2.24, 2.45) is 0 Å². The highest BCUT2D eigenvalue weighted by atomic mass is 16.7. The van der Waals surface area contributed by atoms with Gasteiger partial charge < -0.3 is 39.4 Å². The highest BCUT2D eigenvalue weighted by Crippen LogP contribution is 2.22. The lowest BCUT2D eigenvalue weighted by atomic mass is 9.99. The van der Waals surface area contributed by atoms with Crippen molar-refractivity contribution in [3.63, 3.8) is 0 Å². The first kappa shape index (κ1) is 52.2. The van der Waals surface area contributed by atoms with Crippen molar-refractivity contribution >= 4 is 11.9 Å². The minimum Gasteiger partial charge on any atom is -0.458 e. The topological polar surface area (TPSA) is 152 Å². The smallest absolute Gasteiger partial charge is 0.330 e. The van der Waals surface area contributed by atoms with Crippen LogP contribution in [0.4, 0.5) is 0 Å². The van der Waals surface area contributed by atoms with Gasteiger partial charge in [-0.25, -0.2) is 4.79 Å². The third-order valence-corrected chi connectivity index (χ3v) is 9.67. The summed E-state index contributed by atoms with van der Waals surface area (Å²) in [6.45, 7) is 3.21. The second-order valence-electron chi connectivity index (χ2n) is 14.9. The number of hydrogen-bond donors (Lipinski definition) is 4. The molecule has 0 radical (unpaired) electrons. The second kappa shape index (κ2) is 37.4. The summed E-state index contributed by atoms with van der Waals surface area (Å²) in [6, 6.07) is 0.